The highest BCUT2D eigenvalue weighted by atomic mass is 19.1. The third-order valence-electron chi connectivity index (χ3n) is 6.22. The number of aryl methyl sites for hydroxylation is 2. The number of rotatable bonds is 3. The lowest BCUT2D eigenvalue weighted by Gasteiger charge is -2.35. The van der Waals surface area contributed by atoms with Crippen LogP contribution in [0.5, 0.6) is 0 Å². The van der Waals surface area contributed by atoms with E-state index in [0.717, 1.165) is 12.0 Å². The van der Waals surface area contributed by atoms with Gasteiger partial charge in [-0.15, -0.1) is 0 Å². The molecule has 4 heterocycles. The number of halogens is 1. The number of amides is 1. The van der Waals surface area contributed by atoms with Crippen LogP contribution in [0.2, 0.25) is 0 Å². The number of carbonyl (C=O) groups is 1. The van der Waals surface area contributed by atoms with E-state index >= 15 is 0 Å². The van der Waals surface area contributed by atoms with E-state index in [0.29, 0.717) is 41.3 Å². The van der Waals surface area contributed by atoms with E-state index in [2.05, 4.69) is 34.1 Å². The Balaban J connectivity index is 1.54. The molecule has 5 rings (SSSR count). The van der Waals surface area contributed by atoms with E-state index in [1.807, 2.05) is 30.0 Å². The van der Waals surface area contributed by atoms with Gasteiger partial charge in [-0.05, 0) is 55.5 Å². The molecule has 0 saturated heterocycles. The molecule has 4 aromatic rings. The summed E-state index contributed by atoms with van der Waals surface area (Å²) in [5.41, 5.74) is 5.71. The molecule has 32 heavy (non-hydrogen) atoms. The van der Waals surface area contributed by atoms with Gasteiger partial charge in [0.25, 0.3) is 5.91 Å². The summed E-state index contributed by atoms with van der Waals surface area (Å²) in [5.74, 6) is -0.488. The first-order chi connectivity index (χ1) is 15.5. The van der Waals surface area contributed by atoms with Gasteiger partial charge in [0, 0.05) is 18.4 Å². The van der Waals surface area contributed by atoms with Crippen LogP contribution in [0.25, 0.3) is 16.9 Å². The zero-order valence-electron chi connectivity index (χ0n) is 18.3. The molecule has 0 saturated carbocycles. The zero-order chi connectivity index (χ0) is 22.4. The number of hydrogen-bond acceptors (Lipinski definition) is 4. The second kappa shape index (κ2) is 7.82. The highest BCUT2D eigenvalue weighted by Crippen LogP contribution is 2.30. The fourth-order valence-corrected chi connectivity index (χ4v) is 4.45. The largest absolute Gasteiger partial charge is 0.330 e. The fraction of sp³-hybridized carbons (Fsp3) is 0.280. The maximum atomic E-state index is 14.5. The van der Waals surface area contributed by atoms with Crippen LogP contribution in [-0.4, -0.2) is 36.9 Å². The van der Waals surface area contributed by atoms with Crippen molar-refractivity contribution in [3.05, 3.63) is 82.7 Å². The highest BCUT2D eigenvalue weighted by molar-refractivity contribution is 5.93. The van der Waals surface area contributed by atoms with Crippen LogP contribution in [0.4, 0.5) is 4.39 Å². The van der Waals surface area contributed by atoms with Crippen molar-refractivity contribution in [3.8, 4) is 11.3 Å². The summed E-state index contributed by atoms with van der Waals surface area (Å²) in [6, 6.07) is 11.4. The number of benzene rings is 1. The Kier molecular flexibility index (Phi) is 4.96. The summed E-state index contributed by atoms with van der Waals surface area (Å²) in [7, 11) is 0. The topological polar surface area (TPSA) is 63.4 Å². The summed E-state index contributed by atoms with van der Waals surface area (Å²) in [6.07, 6.45) is 4.65. The number of imidazole rings is 1. The third kappa shape index (κ3) is 3.34. The standard InChI is InChI=1S/C25H24FN5O/c1-4-17-12-22(25(32)30-10-9-18-7-5-6-8-19(18)16(30)3)29-31-14-23(28-24(17)31)20-13-27-15(2)11-21(20)26/h5-8,11-14,16H,4,9-10H2,1-3H3/t16-/m1/s1. The van der Waals surface area contributed by atoms with Crippen molar-refractivity contribution < 1.29 is 9.18 Å². The molecule has 0 radical (unpaired) electrons. The molecule has 6 nitrogen and oxygen atoms in total. The second-order valence-corrected chi connectivity index (χ2v) is 8.23. The quantitative estimate of drug-likeness (QED) is 0.479. The van der Waals surface area contributed by atoms with Gasteiger partial charge in [0.05, 0.1) is 23.5 Å². The second-order valence-electron chi connectivity index (χ2n) is 8.23. The first-order valence-corrected chi connectivity index (χ1v) is 10.9. The molecule has 0 N–H and O–H groups in total. The Morgan fingerprint density at radius 2 is 2.06 bits per heavy atom. The van der Waals surface area contributed by atoms with Crippen LogP contribution in [-0.2, 0) is 12.8 Å². The third-order valence-corrected chi connectivity index (χ3v) is 6.22. The van der Waals surface area contributed by atoms with Gasteiger partial charge in [0.1, 0.15) is 11.5 Å². The molecular weight excluding hydrogens is 405 g/mol. The lowest BCUT2D eigenvalue weighted by molar-refractivity contribution is 0.0670. The minimum Gasteiger partial charge on any atom is -0.330 e. The van der Waals surface area contributed by atoms with Gasteiger partial charge in [0.15, 0.2) is 5.65 Å². The van der Waals surface area contributed by atoms with Crippen molar-refractivity contribution >= 4 is 11.6 Å². The van der Waals surface area contributed by atoms with Crippen LogP contribution in [0.15, 0.2) is 48.8 Å². The van der Waals surface area contributed by atoms with Gasteiger partial charge in [-0.25, -0.2) is 13.9 Å². The summed E-state index contributed by atoms with van der Waals surface area (Å²) in [4.78, 5) is 24.1. The van der Waals surface area contributed by atoms with Crippen LogP contribution < -0.4 is 0 Å². The van der Waals surface area contributed by atoms with Crippen LogP contribution in [0.3, 0.4) is 0 Å². The van der Waals surface area contributed by atoms with Crippen LogP contribution >= 0.6 is 0 Å². The molecule has 0 bridgehead atoms. The van der Waals surface area contributed by atoms with E-state index in [1.54, 1.807) is 17.6 Å². The molecule has 0 aliphatic carbocycles. The number of nitrogens with zero attached hydrogens (tertiary/aromatic N) is 5. The molecule has 0 fully saturated rings. The molecule has 7 heteroatoms. The van der Waals surface area contributed by atoms with Gasteiger partial charge < -0.3 is 4.90 Å². The van der Waals surface area contributed by atoms with Crippen molar-refractivity contribution in [2.75, 3.05) is 6.54 Å². The Morgan fingerprint density at radius 1 is 1.25 bits per heavy atom. The first-order valence-electron chi connectivity index (χ1n) is 10.9. The SMILES string of the molecule is CCc1cc(C(=O)N2CCc3ccccc3[C@H]2C)nn2cc(-c3cnc(C)cc3F)nc12. The molecule has 162 valence electrons. The maximum Gasteiger partial charge on any atom is 0.274 e. The van der Waals surface area contributed by atoms with E-state index < -0.39 is 0 Å². The zero-order valence-corrected chi connectivity index (χ0v) is 18.3. The van der Waals surface area contributed by atoms with Gasteiger partial charge in [-0.1, -0.05) is 31.2 Å². The Labute approximate surface area is 185 Å². The summed E-state index contributed by atoms with van der Waals surface area (Å²) in [5, 5.41) is 4.56. The molecule has 0 spiro atoms. The molecule has 3 aromatic heterocycles. The Bertz CT molecular complexity index is 1350. The summed E-state index contributed by atoms with van der Waals surface area (Å²) < 4.78 is 16.1. The fourth-order valence-electron chi connectivity index (χ4n) is 4.45. The minimum atomic E-state index is -0.379. The monoisotopic (exact) mass is 429 g/mol. The normalized spacial score (nSPS) is 15.8. The van der Waals surface area contributed by atoms with Gasteiger partial charge in [-0.2, -0.15) is 5.10 Å². The maximum absolute atomic E-state index is 14.5. The minimum absolute atomic E-state index is 0.0268. The Morgan fingerprint density at radius 3 is 2.84 bits per heavy atom. The van der Waals surface area contributed by atoms with E-state index in [-0.39, 0.29) is 17.8 Å². The van der Waals surface area contributed by atoms with Gasteiger partial charge in [0.2, 0.25) is 0 Å². The summed E-state index contributed by atoms with van der Waals surface area (Å²) >= 11 is 0. The number of aromatic nitrogens is 4. The van der Waals surface area contributed by atoms with Crippen molar-refractivity contribution in [3.63, 3.8) is 0 Å². The number of carbonyl (C=O) groups excluding carboxylic acids is 1. The molecule has 1 aliphatic heterocycles. The van der Waals surface area contributed by atoms with Crippen LogP contribution in [0, 0.1) is 12.7 Å². The first kappa shape index (κ1) is 20.3. The molecule has 1 aliphatic rings. The smallest absolute Gasteiger partial charge is 0.274 e. The van der Waals surface area contributed by atoms with Crippen molar-refractivity contribution in [2.45, 2.75) is 39.7 Å². The predicted molar refractivity (Wildman–Crippen MR) is 120 cm³/mol. The number of fused-ring (bicyclic) bond motifs is 2. The van der Waals surface area contributed by atoms with Crippen LogP contribution in [0.1, 0.15) is 52.8 Å². The highest BCUT2D eigenvalue weighted by Gasteiger charge is 2.29. The molecule has 1 atom stereocenters. The average Bonchev–Trinajstić information content (AvgIpc) is 3.22. The van der Waals surface area contributed by atoms with Crippen molar-refractivity contribution in [1.29, 1.82) is 0 Å². The van der Waals surface area contributed by atoms with Crippen molar-refractivity contribution in [2.24, 2.45) is 0 Å². The van der Waals surface area contributed by atoms with Gasteiger partial charge >= 0.3 is 0 Å². The Hall–Kier alpha value is -3.61. The lowest BCUT2D eigenvalue weighted by atomic mass is 9.93. The molecule has 1 amide bonds. The van der Waals surface area contributed by atoms with Crippen molar-refractivity contribution in [1.82, 2.24) is 24.5 Å². The van der Waals surface area contributed by atoms with E-state index in [4.69, 9.17) is 0 Å². The van der Waals surface area contributed by atoms with E-state index in [1.165, 1.54) is 23.4 Å². The summed E-state index contributed by atoms with van der Waals surface area (Å²) in [6.45, 7) is 6.45. The number of hydrogen-bond donors (Lipinski definition) is 0. The van der Waals surface area contributed by atoms with E-state index in [9.17, 15) is 9.18 Å². The van der Waals surface area contributed by atoms with Gasteiger partial charge in [-0.3, -0.25) is 9.78 Å². The number of pyridine rings is 1. The molecule has 0 unspecified atom stereocenters. The molecular formula is C25H24FN5O. The predicted octanol–water partition coefficient (Wildman–Crippen LogP) is 4.56. The molecule has 1 aromatic carbocycles. The average molecular weight is 429 g/mol. The lowest BCUT2D eigenvalue weighted by Crippen LogP contribution is -2.39.